The molecule has 3 aromatic carbocycles. The number of phenols is 1. The molecule has 1 heterocycles. The van der Waals surface area contributed by atoms with E-state index in [1.165, 1.54) is 24.3 Å². The Morgan fingerprint density at radius 1 is 1.14 bits per heavy atom. The summed E-state index contributed by atoms with van der Waals surface area (Å²) in [5, 5.41) is 18.2. The fraction of sp³-hybridized carbons (Fsp3) is 0.0435. The third kappa shape index (κ3) is 3.36. The maximum atomic E-state index is 14.2. The predicted octanol–water partition coefficient (Wildman–Crippen LogP) is 4.88. The minimum Gasteiger partial charge on any atom is -0.507 e. The van der Waals surface area contributed by atoms with Gasteiger partial charge in [-0.2, -0.15) is 5.10 Å². The van der Waals surface area contributed by atoms with E-state index in [0.29, 0.717) is 16.8 Å². The lowest BCUT2D eigenvalue weighted by Gasteiger charge is -2.08. The van der Waals surface area contributed by atoms with Crippen LogP contribution in [0.5, 0.6) is 5.75 Å². The van der Waals surface area contributed by atoms with Crippen LogP contribution in [0.3, 0.4) is 0 Å². The molecule has 0 saturated heterocycles. The molecule has 0 aliphatic carbocycles. The van der Waals surface area contributed by atoms with Gasteiger partial charge in [0.25, 0.3) is 0 Å². The number of rotatable bonds is 4. The lowest BCUT2D eigenvalue weighted by Crippen LogP contribution is -2.07. The summed E-state index contributed by atoms with van der Waals surface area (Å²) >= 11 is 0. The van der Waals surface area contributed by atoms with Crippen LogP contribution in [0.25, 0.3) is 33.3 Å². The van der Waals surface area contributed by atoms with Crippen LogP contribution < -0.4 is 5.32 Å². The lowest BCUT2D eigenvalue weighted by molar-refractivity contribution is -0.111. The molecule has 29 heavy (non-hydrogen) atoms. The number of fused-ring (bicyclic) bond motifs is 1. The fourth-order valence-corrected chi connectivity index (χ4v) is 3.43. The standard InChI is InChI=1S/C23H18FN3O2/c1-3-21(29)25-16-7-4-6-15(12-16)23-17-11-10-14(13-19(17)26-27(23)2)22-18(24)8-5-9-20(22)28/h3-13,28H,1H2,2H3,(H,25,29). The molecule has 0 fully saturated rings. The van der Waals surface area contributed by atoms with E-state index in [4.69, 9.17) is 0 Å². The number of amides is 1. The first-order chi connectivity index (χ1) is 14.0. The molecule has 1 aromatic heterocycles. The number of aromatic nitrogens is 2. The summed E-state index contributed by atoms with van der Waals surface area (Å²) in [5.41, 5.74) is 3.75. The number of hydrogen-bond donors (Lipinski definition) is 2. The van der Waals surface area contributed by atoms with Crippen molar-refractivity contribution in [3.05, 3.63) is 79.1 Å². The van der Waals surface area contributed by atoms with Gasteiger partial charge in [0.05, 0.1) is 16.8 Å². The van der Waals surface area contributed by atoms with Crippen molar-refractivity contribution in [1.29, 1.82) is 0 Å². The minimum atomic E-state index is -0.494. The fourth-order valence-electron chi connectivity index (χ4n) is 3.43. The van der Waals surface area contributed by atoms with E-state index in [9.17, 15) is 14.3 Å². The second-order valence-electron chi connectivity index (χ2n) is 6.61. The zero-order chi connectivity index (χ0) is 20.5. The highest BCUT2D eigenvalue weighted by molar-refractivity contribution is 6.00. The second-order valence-corrected chi connectivity index (χ2v) is 6.61. The van der Waals surface area contributed by atoms with Crippen LogP contribution in [0, 0.1) is 5.82 Å². The molecule has 0 atom stereocenters. The molecule has 0 radical (unpaired) electrons. The maximum Gasteiger partial charge on any atom is 0.247 e. The van der Waals surface area contributed by atoms with Gasteiger partial charge in [-0.15, -0.1) is 0 Å². The average Bonchev–Trinajstić information content (AvgIpc) is 3.03. The van der Waals surface area contributed by atoms with Crippen LogP contribution in [-0.4, -0.2) is 20.8 Å². The van der Waals surface area contributed by atoms with Gasteiger partial charge in [-0.05, 0) is 48.0 Å². The summed E-state index contributed by atoms with van der Waals surface area (Å²) in [6.07, 6.45) is 1.21. The summed E-state index contributed by atoms with van der Waals surface area (Å²) in [6.45, 7) is 3.46. The van der Waals surface area contributed by atoms with Gasteiger partial charge in [0, 0.05) is 23.7 Å². The summed E-state index contributed by atoms with van der Waals surface area (Å²) in [4.78, 5) is 11.6. The molecule has 0 bridgehead atoms. The van der Waals surface area contributed by atoms with Gasteiger partial charge in [0.1, 0.15) is 11.6 Å². The van der Waals surface area contributed by atoms with Crippen molar-refractivity contribution in [3.63, 3.8) is 0 Å². The van der Waals surface area contributed by atoms with E-state index in [1.54, 1.807) is 22.9 Å². The number of carbonyl (C=O) groups is 1. The molecular weight excluding hydrogens is 369 g/mol. The highest BCUT2D eigenvalue weighted by Gasteiger charge is 2.15. The Kier molecular flexibility index (Phi) is 4.60. The molecular formula is C23H18FN3O2. The van der Waals surface area contributed by atoms with Gasteiger partial charge in [-0.25, -0.2) is 4.39 Å². The Balaban J connectivity index is 1.82. The molecule has 0 unspecified atom stereocenters. The molecule has 6 heteroatoms. The van der Waals surface area contributed by atoms with E-state index >= 15 is 0 Å². The van der Waals surface area contributed by atoms with Crippen molar-refractivity contribution >= 4 is 22.5 Å². The number of carbonyl (C=O) groups excluding carboxylic acids is 1. The first kappa shape index (κ1) is 18.4. The Labute approximate surface area is 166 Å². The Morgan fingerprint density at radius 3 is 2.69 bits per heavy atom. The van der Waals surface area contributed by atoms with Crippen molar-refractivity contribution in [2.45, 2.75) is 0 Å². The molecule has 2 N–H and O–H groups in total. The van der Waals surface area contributed by atoms with Gasteiger partial charge < -0.3 is 10.4 Å². The molecule has 1 amide bonds. The van der Waals surface area contributed by atoms with Crippen LogP contribution in [0.15, 0.2) is 73.3 Å². The van der Waals surface area contributed by atoms with Crippen LogP contribution in [-0.2, 0) is 11.8 Å². The third-order valence-corrected chi connectivity index (χ3v) is 4.70. The van der Waals surface area contributed by atoms with Crippen molar-refractivity contribution in [3.8, 4) is 28.1 Å². The van der Waals surface area contributed by atoms with E-state index in [0.717, 1.165) is 16.6 Å². The number of benzene rings is 3. The third-order valence-electron chi connectivity index (χ3n) is 4.70. The highest BCUT2D eigenvalue weighted by atomic mass is 19.1. The quantitative estimate of drug-likeness (QED) is 0.491. The molecule has 0 aliphatic heterocycles. The minimum absolute atomic E-state index is 0.119. The van der Waals surface area contributed by atoms with E-state index < -0.39 is 5.82 Å². The normalized spacial score (nSPS) is 10.8. The number of nitrogens with one attached hydrogen (secondary N) is 1. The number of halogens is 1. The molecule has 0 spiro atoms. The summed E-state index contributed by atoms with van der Waals surface area (Å²) in [6, 6.07) is 17.0. The Morgan fingerprint density at radius 2 is 1.93 bits per heavy atom. The van der Waals surface area contributed by atoms with Crippen LogP contribution >= 0.6 is 0 Å². The summed E-state index contributed by atoms with van der Waals surface area (Å²) in [5.74, 6) is -0.899. The zero-order valence-corrected chi connectivity index (χ0v) is 15.7. The Hall–Kier alpha value is -3.93. The van der Waals surface area contributed by atoms with Gasteiger partial charge in [0.2, 0.25) is 5.91 Å². The number of aromatic hydroxyl groups is 1. The van der Waals surface area contributed by atoms with E-state index in [-0.39, 0.29) is 17.2 Å². The molecule has 0 saturated carbocycles. The lowest BCUT2D eigenvalue weighted by atomic mass is 10.0. The SMILES string of the molecule is C=CC(=O)Nc1cccc(-c2c3ccc(-c4c(O)cccc4F)cc3nn2C)c1. The van der Waals surface area contributed by atoms with Gasteiger partial charge >= 0.3 is 0 Å². The average molecular weight is 387 g/mol. The Bertz CT molecular complexity index is 1240. The number of phenolic OH excluding ortho intramolecular Hbond substituents is 1. The monoisotopic (exact) mass is 387 g/mol. The molecule has 4 rings (SSSR count). The van der Waals surface area contributed by atoms with E-state index in [1.807, 2.05) is 31.3 Å². The van der Waals surface area contributed by atoms with E-state index in [2.05, 4.69) is 17.0 Å². The van der Waals surface area contributed by atoms with Crippen molar-refractivity contribution in [1.82, 2.24) is 9.78 Å². The smallest absolute Gasteiger partial charge is 0.247 e. The first-order valence-electron chi connectivity index (χ1n) is 8.96. The molecule has 4 aromatic rings. The molecule has 144 valence electrons. The van der Waals surface area contributed by atoms with Crippen molar-refractivity contribution in [2.24, 2.45) is 7.05 Å². The first-order valence-corrected chi connectivity index (χ1v) is 8.96. The van der Waals surface area contributed by atoms with Gasteiger partial charge in [0.15, 0.2) is 0 Å². The number of anilines is 1. The largest absolute Gasteiger partial charge is 0.507 e. The zero-order valence-electron chi connectivity index (χ0n) is 15.7. The predicted molar refractivity (Wildman–Crippen MR) is 112 cm³/mol. The van der Waals surface area contributed by atoms with Crippen molar-refractivity contribution in [2.75, 3.05) is 5.32 Å². The maximum absolute atomic E-state index is 14.2. The molecule has 0 aliphatic rings. The van der Waals surface area contributed by atoms with Crippen LogP contribution in [0.2, 0.25) is 0 Å². The number of aryl methyl sites for hydroxylation is 1. The molecule has 5 nitrogen and oxygen atoms in total. The van der Waals surface area contributed by atoms with Crippen LogP contribution in [0.1, 0.15) is 0 Å². The van der Waals surface area contributed by atoms with Gasteiger partial charge in [-0.1, -0.05) is 30.8 Å². The highest BCUT2D eigenvalue weighted by Crippen LogP contribution is 2.36. The topological polar surface area (TPSA) is 67.2 Å². The van der Waals surface area contributed by atoms with Crippen LogP contribution in [0.4, 0.5) is 10.1 Å². The second kappa shape index (κ2) is 7.24. The van der Waals surface area contributed by atoms with Gasteiger partial charge in [-0.3, -0.25) is 9.48 Å². The number of nitrogens with zero attached hydrogens (tertiary/aromatic N) is 2. The number of hydrogen-bond acceptors (Lipinski definition) is 3. The van der Waals surface area contributed by atoms with Crippen molar-refractivity contribution < 1.29 is 14.3 Å². The summed E-state index contributed by atoms with van der Waals surface area (Å²) in [7, 11) is 1.82. The summed E-state index contributed by atoms with van der Waals surface area (Å²) < 4.78 is 16.0.